The standard InChI is InChI=1S/C7H8N4O3S/c1-14-6-3-2-5-9-4-7(11(5)10-6)15(8,12)13/h2-4H,1H3,(H2,8,12,13). The Morgan fingerprint density at radius 1 is 1.47 bits per heavy atom. The molecule has 0 radical (unpaired) electrons. The zero-order valence-electron chi connectivity index (χ0n) is 7.78. The van der Waals surface area contributed by atoms with Crippen molar-refractivity contribution in [2.75, 3.05) is 7.11 Å². The topological polar surface area (TPSA) is 99.6 Å². The van der Waals surface area contributed by atoms with Gasteiger partial charge in [-0.25, -0.2) is 18.5 Å². The highest BCUT2D eigenvalue weighted by molar-refractivity contribution is 7.89. The van der Waals surface area contributed by atoms with E-state index in [2.05, 4.69) is 10.1 Å². The maximum absolute atomic E-state index is 11.1. The van der Waals surface area contributed by atoms with Crippen LogP contribution < -0.4 is 9.88 Å². The van der Waals surface area contributed by atoms with E-state index >= 15 is 0 Å². The maximum atomic E-state index is 11.1. The Morgan fingerprint density at radius 3 is 2.80 bits per heavy atom. The molecule has 0 spiro atoms. The normalized spacial score (nSPS) is 11.9. The second kappa shape index (κ2) is 3.17. The number of fused-ring (bicyclic) bond motifs is 1. The molecule has 0 saturated heterocycles. The van der Waals surface area contributed by atoms with Crippen LogP contribution in [0.25, 0.3) is 5.65 Å². The molecular weight excluding hydrogens is 220 g/mol. The number of ether oxygens (including phenoxy) is 1. The Kier molecular flexibility index (Phi) is 2.09. The Balaban J connectivity index is 2.78. The number of rotatable bonds is 2. The molecule has 80 valence electrons. The summed E-state index contributed by atoms with van der Waals surface area (Å²) in [4.78, 5) is 3.85. The highest BCUT2D eigenvalue weighted by Gasteiger charge is 2.15. The Labute approximate surface area is 85.5 Å². The predicted octanol–water partition coefficient (Wildman–Crippen LogP) is -0.615. The van der Waals surface area contributed by atoms with Gasteiger partial charge in [-0.05, 0) is 6.07 Å². The Hall–Kier alpha value is -1.67. The molecule has 0 aromatic carbocycles. The summed E-state index contributed by atoms with van der Waals surface area (Å²) >= 11 is 0. The van der Waals surface area contributed by atoms with Crippen molar-refractivity contribution in [3.8, 4) is 5.88 Å². The molecule has 0 aliphatic heterocycles. The lowest BCUT2D eigenvalue weighted by atomic mass is 10.5. The van der Waals surface area contributed by atoms with Gasteiger partial charge in [0.15, 0.2) is 10.7 Å². The molecule has 2 rings (SSSR count). The predicted molar refractivity (Wildman–Crippen MR) is 50.9 cm³/mol. The van der Waals surface area contributed by atoms with Gasteiger partial charge in [-0.15, -0.1) is 5.10 Å². The highest BCUT2D eigenvalue weighted by Crippen LogP contribution is 2.12. The summed E-state index contributed by atoms with van der Waals surface area (Å²) in [5.41, 5.74) is 0.389. The van der Waals surface area contributed by atoms with Crippen LogP contribution in [0.4, 0.5) is 0 Å². The van der Waals surface area contributed by atoms with Crippen molar-refractivity contribution in [3.63, 3.8) is 0 Å². The van der Waals surface area contributed by atoms with Crippen molar-refractivity contribution < 1.29 is 13.2 Å². The fraction of sp³-hybridized carbons (Fsp3) is 0.143. The number of nitrogens with two attached hydrogens (primary N) is 1. The molecule has 8 heteroatoms. The summed E-state index contributed by atoms with van der Waals surface area (Å²) in [6, 6.07) is 3.16. The van der Waals surface area contributed by atoms with E-state index in [1.54, 1.807) is 12.1 Å². The third kappa shape index (κ3) is 1.64. The molecule has 0 aliphatic rings. The molecule has 7 nitrogen and oxygen atoms in total. The van der Waals surface area contributed by atoms with Crippen LogP contribution in [0.5, 0.6) is 5.88 Å². The number of methoxy groups -OCH3 is 1. The molecule has 2 aromatic rings. The summed E-state index contributed by atoms with van der Waals surface area (Å²) in [5, 5.41) is 8.71. The fourth-order valence-electron chi connectivity index (χ4n) is 1.14. The van der Waals surface area contributed by atoms with Crippen molar-refractivity contribution in [2.45, 2.75) is 5.03 Å². The third-order valence-corrected chi connectivity index (χ3v) is 2.67. The van der Waals surface area contributed by atoms with Crippen molar-refractivity contribution >= 4 is 15.7 Å². The van der Waals surface area contributed by atoms with Crippen LogP contribution >= 0.6 is 0 Å². The first kappa shape index (κ1) is 9.87. The van der Waals surface area contributed by atoms with Crippen LogP contribution in [0.3, 0.4) is 0 Å². The monoisotopic (exact) mass is 228 g/mol. The van der Waals surface area contributed by atoms with Crippen LogP contribution in [0, 0.1) is 0 Å². The van der Waals surface area contributed by atoms with Gasteiger partial charge in [-0.1, -0.05) is 0 Å². The van der Waals surface area contributed by atoms with Gasteiger partial charge in [0.1, 0.15) is 0 Å². The van der Waals surface area contributed by atoms with Gasteiger partial charge in [0.2, 0.25) is 5.88 Å². The third-order valence-electron chi connectivity index (χ3n) is 1.81. The van der Waals surface area contributed by atoms with Gasteiger partial charge in [0, 0.05) is 6.07 Å². The largest absolute Gasteiger partial charge is 0.480 e. The second-order valence-electron chi connectivity index (χ2n) is 2.79. The van der Waals surface area contributed by atoms with Crippen molar-refractivity contribution in [1.82, 2.24) is 14.6 Å². The summed E-state index contributed by atoms with van der Waals surface area (Å²) in [7, 11) is -2.40. The minimum Gasteiger partial charge on any atom is -0.480 e. The van der Waals surface area contributed by atoms with E-state index in [1.165, 1.54) is 7.11 Å². The molecule has 2 N–H and O–H groups in total. The molecule has 0 aliphatic carbocycles. The lowest BCUT2D eigenvalue weighted by Crippen LogP contribution is -2.15. The molecule has 0 fully saturated rings. The van der Waals surface area contributed by atoms with E-state index in [4.69, 9.17) is 9.88 Å². The van der Waals surface area contributed by atoms with Crippen molar-refractivity contribution in [1.29, 1.82) is 0 Å². The van der Waals surface area contributed by atoms with E-state index in [0.717, 1.165) is 10.7 Å². The minimum atomic E-state index is -3.83. The molecule has 2 aromatic heterocycles. The Bertz CT molecular complexity index is 604. The van der Waals surface area contributed by atoms with Crippen LogP contribution in [-0.2, 0) is 10.0 Å². The molecule has 0 amide bonds. The van der Waals surface area contributed by atoms with Gasteiger partial charge in [0.25, 0.3) is 10.0 Å². The number of nitrogens with zero attached hydrogens (tertiary/aromatic N) is 3. The van der Waals surface area contributed by atoms with Gasteiger partial charge >= 0.3 is 0 Å². The molecule has 2 heterocycles. The minimum absolute atomic E-state index is 0.170. The molecular formula is C7H8N4O3S. The van der Waals surface area contributed by atoms with E-state index in [1.807, 2.05) is 0 Å². The second-order valence-corrected chi connectivity index (χ2v) is 4.30. The maximum Gasteiger partial charge on any atom is 0.257 e. The number of hydrogen-bond acceptors (Lipinski definition) is 5. The number of imidazole rings is 1. The number of primary sulfonamides is 1. The van der Waals surface area contributed by atoms with Gasteiger partial charge in [0.05, 0.1) is 13.3 Å². The first-order chi connectivity index (χ1) is 7.02. The van der Waals surface area contributed by atoms with E-state index in [-0.39, 0.29) is 10.9 Å². The fourth-order valence-corrected chi connectivity index (χ4v) is 1.71. The SMILES string of the molecule is COc1ccc2ncc(S(N)(=O)=O)n2n1. The molecule has 15 heavy (non-hydrogen) atoms. The van der Waals surface area contributed by atoms with E-state index in [9.17, 15) is 8.42 Å². The molecule has 0 atom stereocenters. The van der Waals surface area contributed by atoms with Gasteiger partial charge < -0.3 is 4.74 Å². The summed E-state index contributed by atoms with van der Waals surface area (Å²) < 4.78 is 28.3. The van der Waals surface area contributed by atoms with Gasteiger partial charge in [-0.2, -0.15) is 4.52 Å². The first-order valence-corrected chi connectivity index (χ1v) is 5.48. The van der Waals surface area contributed by atoms with Crippen LogP contribution in [0.15, 0.2) is 23.4 Å². The molecule has 0 unspecified atom stereocenters. The van der Waals surface area contributed by atoms with Gasteiger partial charge in [-0.3, -0.25) is 0 Å². The van der Waals surface area contributed by atoms with Crippen molar-refractivity contribution in [2.24, 2.45) is 5.14 Å². The van der Waals surface area contributed by atoms with E-state index < -0.39 is 10.0 Å². The van der Waals surface area contributed by atoms with Crippen molar-refractivity contribution in [3.05, 3.63) is 18.3 Å². The number of sulfonamides is 1. The Morgan fingerprint density at radius 2 is 2.20 bits per heavy atom. The van der Waals surface area contributed by atoms with E-state index in [0.29, 0.717) is 5.65 Å². The van der Waals surface area contributed by atoms with Crippen LogP contribution in [0.2, 0.25) is 0 Å². The summed E-state index contributed by atoms with van der Waals surface area (Å²) in [6.07, 6.45) is 1.15. The average Bonchev–Trinajstić information content (AvgIpc) is 2.59. The first-order valence-electron chi connectivity index (χ1n) is 3.94. The number of hydrogen-bond donors (Lipinski definition) is 1. The zero-order chi connectivity index (χ0) is 11.1. The zero-order valence-corrected chi connectivity index (χ0v) is 8.60. The lowest BCUT2D eigenvalue weighted by molar-refractivity contribution is 0.388. The highest BCUT2D eigenvalue weighted by atomic mass is 32.2. The lowest BCUT2D eigenvalue weighted by Gasteiger charge is -2.00. The smallest absolute Gasteiger partial charge is 0.257 e. The molecule has 0 saturated carbocycles. The van der Waals surface area contributed by atoms with Crippen LogP contribution in [-0.4, -0.2) is 30.1 Å². The summed E-state index contributed by atoms with van der Waals surface area (Å²) in [6.45, 7) is 0. The quantitative estimate of drug-likeness (QED) is 0.738. The summed E-state index contributed by atoms with van der Waals surface area (Å²) in [5.74, 6) is 0.283. The molecule has 0 bridgehead atoms. The van der Waals surface area contributed by atoms with Crippen LogP contribution in [0.1, 0.15) is 0 Å². The average molecular weight is 228 g/mol. The number of aromatic nitrogens is 3.